The lowest BCUT2D eigenvalue weighted by Crippen LogP contribution is -2.41. The molecule has 36 heavy (non-hydrogen) atoms. The molecule has 0 aliphatic carbocycles. The van der Waals surface area contributed by atoms with Crippen LogP contribution in [0, 0.1) is 0 Å². The van der Waals surface area contributed by atoms with Gasteiger partial charge in [-0.25, -0.2) is 13.4 Å². The minimum atomic E-state index is -4.56. The molecule has 3 aromatic rings. The van der Waals surface area contributed by atoms with Gasteiger partial charge in [-0.05, 0) is 36.1 Å². The van der Waals surface area contributed by atoms with Gasteiger partial charge in [-0.2, -0.15) is 13.2 Å². The molecule has 0 saturated heterocycles. The number of hydrogen-bond donors (Lipinski definition) is 4. The molecule has 3 rings (SSSR count). The average Bonchev–Trinajstić information content (AvgIpc) is 3.52. The first kappa shape index (κ1) is 27.9. The third-order valence-corrected chi connectivity index (χ3v) is 8.42. The van der Waals surface area contributed by atoms with Crippen molar-refractivity contribution >= 4 is 61.9 Å². The number of pyridine rings is 1. The van der Waals surface area contributed by atoms with Crippen LogP contribution in [-0.4, -0.2) is 31.8 Å². The molecular formula is C20H19ClF3N5O4S3. The van der Waals surface area contributed by atoms with Crippen LogP contribution in [-0.2, 0) is 27.5 Å². The lowest BCUT2D eigenvalue weighted by molar-refractivity contribution is -0.137. The summed E-state index contributed by atoms with van der Waals surface area (Å²) >= 11 is 8.02. The van der Waals surface area contributed by atoms with Gasteiger partial charge >= 0.3 is 6.18 Å². The molecule has 4 N–H and O–H groups in total. The van der Waals surface area contributed by atoms with Crippen LogP contribution in [0.2, 0.25) is 5.02 Å². The quantitative estimate of drug-likeness (QED) is 0.200. The highest BCUT2D eigenvalue weighted by Gasteiger charge is 2.31. The normalized spacial score (nSPS) is 11.8. The van der Waals surface area contributed by atoms with Crippen molar-refractivity contribution in [1.29, 1.82) is 0 Å². The second-order valence-electron chi connectivity index (χ2n) is 7.12. The van der Waals surface area contributed by atoms with Crippen molar-refractivity contribution < 1.29 is 31.2 Å². The third-order valence-electron chi connectivity index (χ3n) is 4.44. The van der Waals surface area contributed by atoms with Gasteiger partial charge in [-0.3, -0.25) is 15.0 Å². The number of aromatic nitrogens is 1. The van der Waals surface area contributed by atoms with E-state index in [4.69, 9.17) is 11.6 Å². The smallest absolute Gasteiger partial charge is 0.369 e. The van der Waals surface area contributed by atoms with Crippen LogP contribution in [0.1, 0.15) is 33.0 Å². The molecular weight excluding hydrogens is 563 g/mol. The molecule has 194 valence electrons. The fourth-order valence-electron chi connectivity index (χ4n) is 2.68. The maximum atomic E-state index is 12.6. The zero-order valence-corrected chi connectivity index (χ0v) is 21.4. The number of amides is 2. The van der Waals surface area contributed by atoms with Gasteiger partial charge in [0.05, 0.1) is 22.0 Å². The molecule has 0 saturated carbocycles. The topological polar surface area (TPSA) is 129 Å². The molecule has 0 spiro atoms. The van der Waals surface area contributed by atoms with Gasteiger partial charge in [0.1, 0.15) is 10.0 Å². The van der Waals surface area contributed by atoms with Crippen molar-refractivity contribution in [3.8, 4) is 0 Å². The summed E-state index contributed by atoms with van der Waals surface area (Å²) in [6.45, 7) is 0.303. The number of rotatable bonds is 11. The number of carbonyl (C=O) groups is 2. The maximum Gasteiger partial charge on any atom is 0.417 e. The highest BCUT2D eigenvalue weighted by Crippen LogP contribution is 2.32. The van der Waals surface area contributed by atoms with Gasteiger partial charge in [0.25, 0.3) is 15.9 Å². The monoisotopic (exact) mass is 581 g/mol. The second kappa shape index (κ2) is 12.0. The minimum Gasteiger partial charge on any atom is -0.369 e. The van der Waals surface area contributed by atoms with Gasteiger partial charge < -0.3 is 10.6 Å². The number of thiophene rings is 2. The van der Waals surface area contributed by atoms with Gasteiger partial charge in [-0.15, -0.1) is 27.5 Å². The Morgan fingerprint density at radius 2 is 1.94 bits per heavy atom. The number of hydrazine groups is 1. The molecule has 3 heterocycles. The standard InChI is InChI=1S/C20H19ClF3N5O4S3/c21-14-9-12(20(22,23)24)10-26-18(14)25-7-1-4-16(30)28-29-36(32,33)17-6-5-13(35-17)11-27-19(31)15-3-2-8-34-15/h2-3,5-6,8-10,29H,1,4,7,11H2,(H,25,26)(H,27,31)(H,28,30). The first-order chi connectivity index (χ1) is 17.0. The molecule has 0 aliphatic rings. The molecule has 0 fully saturated rings. The van der Waals surface area contributed by atoms with E-state index in [1.807, 2.05) is 4.83 Å². The Morgan fingerprint density at radius 3 is 2.61 bits per heavy atom. The van der Waals surface area contributed by atoms with Crippen LogP contribution in [0.25, 0.3) is 0 Å². The van der Waals surface area contributed by atoms with Gasteiger partial charge in [-0.1, -0.05) is 17.7 Å². The summed E-state index contributed by atoms with van der Waals surface area (Å²) in [5.41, 5.74) is 1.12. The second-order valence-corrected chi connectivity index (χ2v) is 11.5. The van der Waals surface area contributed by atoms with Crippen LogP contribution in [0.15, 0.2) is 46.1 Å². The van der Waals surface area contributed by atoms with E-state index in [1.54, 1.807) is 23.6 Å². The predicted octanol–water partition coefficient (Wildman–Crippen LogP) is 4.01. The van der Waals surface area contributed by atoms with Crippen molar-refractivity contribution in [3.63, 3.8) is 0 Å². The Labute approximate surface area is 217 Å². The zero-order chi connectivity index (χ0) is 26.3. The Balaban J connectivity index is 1.40. The van der Waals surface area contributed by atoms with Crippen LogP contribution >= 0.6 is 34.3 Å². The Kier molecular flexibility index (Phi) is 9.30. The van der Waals surface area contributed by atoms with E-state index in [0.29, 0.717) is 16.0 Å². The highest BCUT2D eigenvalue weighted by molar-refractivity contribution is 7.91. The number of sulfonamides is 1. The molecule has 0 bridgehead atoms. The molecule has 0 radical (unpaired) electrons. The number of nitrogens with one attached hydrogen (secondary N) is 4. The molecule has 2 amide bonds. The fraction of sp³-hybridized carbons (Fsp3) is 0.250. The van der Waals surface area contributed by atoms with E-state index < -0.39 is 27.7 Å². The largest absolute Gasteiger partial charge is 0.417 e. The number of alkyl halides is 3. The van der Waals surface area contributed by atoms with E-state index in [2.05, 4.69) is 21.0 Å². The molecule has 9 nitrogen and oxygen atoms in total. The molecule has 0 aromatic carbocycles. The van der Waals surface area contributed by atoms with Crippen LogP contribution < -0.4 is 20.9 Å². The third kappa shape index (κ3) is 7.89. The van der Waals surface area contributed by atoms with E-state index >= 15 is 0 Å². The Morgan fingerprint density at radius 1 is 1.17 bits per heavy atom. The molecule has 16 heteroatoms. The van der Waals surface area contributed by atoms with Gasteiger partial charge in [0.2, 0.25) is 5.91 Å². The van der Waals surface area contributed by atoms with E-state index in [-0.39, 0.29) is 46.9 Å². The lowest BCUT2D eigenvalue weighted by atomic mass is 10.2. The Hall–Kier alpha value is -2.72. The van der Waals surface area contributed by atoms with E-state index in [1.165, 1.54) is 17.4 Å². The SMILES string of the molecule is O=C(CCCNc1ncc(C(F)(F)F)cc1Cl)NNS(=O)(=O)c1ccc(CNC(=O)c2cccs2)s1. The summed E-state index contributed by atoms with van der Waals surface area (Å²) in [5.74, 6) is -0.850. The number of nitrogens with zero attached hydrogens (tertiary/aromatic N) is 1. The van der Waals surface area contributed by atoms with Gasteiger partial charge in [0.15, 0.2) is 0 Å². The minimum absolute atomic E-state index is 0.0332. The number of anilines is 1. The highest BCUT2D eigenvalue weighted by atomic mass is 35.5. The first-order valence-corrected chi connectivity index (χ1v) is 13.7. The summed E-state index contributed by atoms with van der Waals surface area (Å²) in [5, 5.41) is 6.97. The zero-order valence-electron chi connectivity index (χ0n) is 18.2. The summed E-state index contributed by atoms with van der Waals surface area (Å²) in [4.78, 5) is 30.7. The van der Waals surface area contributed by atoms with E-state index in [9.17, 15) is 31.2 Å². The lowest BCUT2D eigenvalue weighted by Gasteiger charge is -2.11. The molecule has 3 aromatic heterocycles. The van der Waals surface area contributed by atoms with Crippen molar-refractivity contribution in [2.45, 2.75) is 29.8 Å². The molecule has 0 unspecified atom stereocenters. The summed E-state index contributed by atoms with van der Waals surface area (Å²) in [7, 11) is -4.02. The van der Waals surface area contributed by atoms with Crippen molar-refractivity contribution in [2.75, 3.05) is 11.9 Å². The average molecular weight is 582 g/mol. The predicted molar refractivity (Wildman–Crippen MR) is 130 cm³/mol. The summed E-state index contributed by atoms with van der Waals surface area (Å²) in [6, 6.07) is 7.08. The van der Waals surface area contributed by atoms with Crippen LogP contribution in [0.4, 0.5) is 19.0 Å². The van der Waals surface area contributed by atoms with Crippen molar-refractivity contribution in [1.82, 2.24) is 20.6 Å². The fourth-order valence-corrected chi connectivity index (χ4v) is 5.70. The summed E-state index contributed by atoms with van der Waals surface area (Å²) < 4.78 is 62.7. The van der Waals surface area contributed by atoms with Crippen LogP contribution in [0.3, 0.4) is 0 Å². The number of halogens is 4. The van der Waals surface area contributed by atoms with Crippen molar-refractivity contribution in [2.24, 2.45) is 0 Å². The maximum absolute atomic E-state index is 12.6. The van der Waals surface area contributed by atoms with E-state index in [0.717, 1.165) is 17.4 Å². The number of carbonyl (C=O) groups excluding carboxylic acids is 2. The molecule has 0 aliphatic heterocycles. The Bertz CT molecular complexity index is 1310. The first-order valence-electron chi connectivity index (χ1n) is 10.1. The molecule has 0 atom stereocenters. The van der Waals surface area contributed by atoms with Gasteiger partial charge in [0, 0.05) is 24.0 Å². The summed E-state index contributed by atoms with van der Waals surface area (Å²) in [6.07, 6.45) is -3.79. The van der Waals surface area contributed by atoms with Crippen LogP contribution in [0.5, 0.6) is 0 Å². The number of hydrogen-bond acceptors (Lipinski definition) is 8. The van der Waals surface area contributed by atoms with Crippen molar-refractivity contribution in [3.05, 3.63) is 62.2 Å².